The summed E-state index contributed by atoms with van der Waals surface area (Å²) < 4.78 is 15.3. The van der Waals surface area contributed by atoms with Gasteiger partial charge in [-0.1, -0.05) is 36.4 Å². The predicted octanol–water partition coefficient (Wildman–Crippen LogP) is 3.60. The number of imidazole rings is 1. The molecule has 94 valence electrons. The highest BCUT2D eigenvalue weighted by molar-refractivity contribution is 5.44. The largest absolute Gasteiger partial charge is 0.306 e. The molecule has 0 aliphatic heterocycles. The van der Waals surface area contributed by atoms with Crippen LogP contribution in [0.15, 0.2) is 67.3 Å². The Balaban J connectivity index is 2.02. The molecule has 0 radical (unpaired) electrons. The van der Waals surface area contributed by atoms with Crippen molar-refractivity contribution in [3.8, 4) is 5.69 Å². The molecule has 0 N–H and O–H groups in total. The summed E-state index contributed by atoms with van der Waals surface area (Å²) in [6, 6.07) is 15.0. The van der Waals surface area contributed by atoms with Gasteiger partial charge in [0.1, 0.15) is 5.82 Å². The van der Waals surface area contributed by atoms with Gasteiger partial charge < -0.3 is 4.57 Å². The SMILES string of the molecule is Fc1ccc(Cc2ccccc2)c(-n2ccnc2)c1. The monoisotopic (exact) mass is 252 g/mol. The molecule has 0 aliphatic rings. The van der Waals surface area contributed by atoms with Crippen molar-refractivity contribution in [3.05, 3.63) is 84.2 Å². The van der Waals surface area contributed by atoms with Crippen LogP contribution < -0.4 is 0 Å². The number of rotatable bonds is 3. The molecule has 3 aromatic rings. The van der Waals surface area contributed by atoms with E-state index in [1.165, 1.54) is 11.6 Å². The van der Waals surface area contributed by atoms with Crippen molar-refractivity contribution < 1.29 is 4.39 Å². The molecule has 0 saturated heterocycles. The van der Waals surface area contributed by atoms with Gasteiger partial charge >= 0.3 is 0 Å². The van der Waals surface area contributed by atoms with E-state index in [-0.39, 0.29) is 5.82 Å². The van der Waals surface area contributed by atoms with E-state index in [0.29, 0.717) is 0 Å². The van der Waals surface area contributed by atoms with E-state index < -0.39 is 0 Å². The number of hydrogen-bond acceptors (Lipinski definition) is 1. The minimum absolute atomic E-state index is 0.236. The van der Waals surface area contributed by atoms with Gasteiger partial charge in [-0.05, 0) is 29.7 Å². The zero-order chi connectivity index (χ0) is 13.1. The van der Waals surface area contributed by atoms with Crippen LogP contribution in [-0.2, 0) is 6.42 Å². The Morgan fingerprint density at radius 2 is 1.89 bits per heavy atom. The molecular weight excluding hydrogens is 239 g/mol. The molecule has 0 bridgehead atoms. The van der Waals surface area contributed by atoms with Gasteiger partial charge in [0.25, 0.3) is 0 Å². The lowest BCUT2D eigenvalue weighted by molar-refractivity contribution is 0.625. The van der Waals surface area contributed by atoms with Gasteiger partial charge in [0.15, 0.2) is 0 Å². The number of aromatic nitrogens is 2. The second kappa shape index (κ2) is 5.06. The second-order valence-electron chi connectivity index (χ2n) is 4.41. The van der Waals surface area contributed by atoms with Crippen molar-refractivity contribution in [2.45, 2.75) is 6.42 Å². The molecule has 3 rings (SSSR count). The Morgan fingerprint density at radius 1 is 1.05 bits per heavy atom. The van der Waals surface area contributed by atoms with Crippen molar-refractivity contribution in [1.29, 1.82) is 0 Å². The lowest BCUT2D eigenvalue weighted by Gasteiger charge is -2.10. The van der Waals surface area contributed by atoms with Crippen molar-refractivity contribution in [2.75, 3.05) is 0 Å². The zero-order valence-corrected chi connectivity index (χ0v) is 10.3. The van der Waals surface area contributed by atoms with Crippen molar-refractivity contribution in [3.63, 3.8) is 0 Å². The van der Waals surface area contributed by atoms with Crippen LogP contribution in [-0.4, -0.2) is 9.55 Å². The van der Waals surface area contributed by atoms with E-state index in [9.17, 15) is 4.39 Å². The van der Waals surface area contributed by atoms with Crippen LogP contribution in [0.5, 0.6) is 0 Å². The van der Waals surface area contributed by atoms with E-state index in [1.54, 1.807) is 18.6 Å². The third-order valence-corrected chi connectivity index (χ3v) is 3.07. The summed E-state index contributed by atoms with van der Waals surface area (Å²) in [5, 5.41) is 0. The summed E-state index contributed by atoms with van der Waals surface area (Å²) >= 11 is 0. The first-order valence-electron chi connectivity index (χ1n) is 6.13. The molecule has 0 atom stereocenters. The summed E-state index contributed by atoms with van der Waals surface area (Å²) in [4.78, 5) is 4.02. The van der Waals surface area contributed by atoms with Crippen LogP contribution in [0.4, 0.5) is 4.39 Å². The molecule has 0 spiro atoms. The molecule has 0 unspecified atom stereocenters. The molecule has 0 amide bonds. The molecule has 1 aromatic heterocycles. The number of halogens is 1. The molecule has 1 heterocycles. The molecule has 0 aliphatic carbocycles. The first-order chi connectivity index (χ1) is 9.33. The van der Waals surface area contributed by atoms with E-state index in [2.05, 4.69) is 17.1 Å². The zero-order valence-electron chi connectivity index (χ0n) is 10.3. The van der Waals surface area contributed by atoms with Crippen LogP contribution in [0.25, 0.3) is 5.69 Å². The first-order valence-corrected chi connectivity index (χ1v) is 6.13. The lowest BCUT2D eigenvalue weighted by Crippen LogP contribution is -1.99. The molecule has 0 fully saturated rings. The maximum Gasteiger partial charge on any atom is 0.125 e. The number of hydrogen-bond donors (Lipinski definition) is 0. The number of nitrogens with zero attached hydrogens (tertiary/aromatic N) is 2. The lowest BCUT2D eigenvalue weighted by atomic mass is 10.0. The minimum Gasteiger partial charge on any atom is -0.306 e. The molecule has 0 saturated carbocycles. The molecule has 3 heteroatoms. The summed E-state index contributed by atoms with van der Waals surface area (Å²) in [5.74, 6) is -0.236. The van der Waals surface area contributed by atoms with Crippen LogP contribution in [0.2, 0.25) is 0 Å². The summed E-state index contributed by atoms with van der Waals surface area (Å²) in [7, 11) is 0. The Hall–Kier alpha value is -2.42. The predicted molar refractivity (Wildman–Crippen MR) is 72.8 cm³/mol. The standard InChI is InChI=1S/C16H13FN2/c17-15-7-6-14(10-13-4-2-1-3-5-13)16(11-15)19-9-8-18-12-19/h1-9,11-12H,10H2. The van der Waals surface area contributed by atoms with Crippen molar-refractivity contribution in [2.24, 2.45) is 0 Å². The van der Waals surface area contributed by atoms with Crippen LogP contribution in [0.3, 0.4) is 0 Å². The Labute approximate surface area is 111 Å². The first kappa shape index (κ1) is 11.7. The van der Waals surface area contributed by atoms with Crippen molar-refractivity contribution >= 4 is 0 Å². The van der Waals surface area contributed by atoms with Gasteiger partial charge in [0, 0.05) is 12.4 Å². The normalized spacial score (nSPS) is 10.6. The van der Waals surface area contributed by atoms with E-state index in [1.807, 2.05) is 35.0 Å². The highest BCUT2D eigenvalue weighted by atomic mass is 19.1. The summed E-state index contributed by atoms with van der Waals surface area (Å²) in [5.41, 5.74) is 3.11. The average Bonchev–Trinajstić information content (AvgIpc) is 2.96. The van der Waals surface area contributed by atoms with Crippen LogP contribution in [0, 0.1) is 5.82 Å². The smallest absolute Gasteiger partial charge is 0.125 e. The van der Waals surface area contributed by atoms with E-state index >= 15 is 0 Å². The summed E-state index contributed by atoms with van der Waals surface area (Å²) in [6.45, 7) is 0. The van der Waals surface area contributed by atoms with E-state index in [4.69, 9.17) is 0 Å². The highest BCUT2D eigenvalue weighted by Crippen LogP contribution is 2.19. The maximum atomic E-state index is 13.4. The van der Waals surface area contributed by atoms with E-state index in [0.717, 1.165) is 17.7 Å². The minimum atomic E-state index is -0.236. The maximum absolute atomic E-state index is 13.4. The highest BCUT2D eigenvalue weighted by Gasteiger charge is 2.07. The Kier molecular flexibility index (Phi) is 3.11. The van der Waals surface area contributed by atoms with Gasteiger partial charge in [-0.3, -0.25) is 0 Å². The van der Waals surface area contributed by atoms with Crippen LogP contribution >= 0.6 is 0 Å². The Morgan fingerprint density at radius 3 is 2.63 bits per heavy atom. The third kappa shape index (κ3) is 2.55. The molecule has 2 aromatic carbocycles. The Bertz CT molecular complexity index is 660. The van der Waals surface area contributed by atoms with Gasteiger partial charge in [-0.25, -0.2) is 9.37 Å². The van der Waals surface area contributed by atoms with Gasteiger partial charge in [0.2, 0.25) is 0 Å². The molecule has 2 nitrogen and oxygen atoms in total. The van der Waals surface area contributed by atoms with Gasteiger partial charge in [-0.2, -0.15) is 0 Å². The van der Waals surface area contributed by atoms with Gasteiger partial charge in [-0.15, -0.1) is 0 Å². The summed E-state index contributed by atoms with van der Waals surface area (Å²) in [6.07, 6.45) is 5.97. The molecule has 19 heavy (non-hydrogen) atoms. The fourth-order valence-corrected chi connectivity index (χ4v) is 2.14. The number of benzene rings is 2. The average molecular weight is 252 g/mol. The fraction of sp³-hybridized carbons (Fsp3) is 0.0625. The topological polar surface area (TPSA) is 17.8 Å². The van der Waals surface area contributed by atoms with Gasteiger partial charge in [0.05, 0.1) is 12.0 Å². The van der Waals surface area contributed by atoms with Crippen molar-refractivity contribution in [1.82, 2.24) is 9.55 Å². The third-order valence-electron chi connectivity index (χ3n) is 3.07. The second-order valence-corrected chi connectivity index (χ2v) is 4.41. The van der Waals surface area contributed by atoms with Crippen LogP contribution in [0.1, 0.15) is 11.1 Å². The molecular formula is C16H13FN2. The quantitative estimate of drug-likeness (QED) is 0.696. The fourth-order valence-electron chi connectivity index (χ4n) is 2.14.